The van der Waals surface area contributed by atoms with Crippen LogP contribution in [-0.4, -0.2) is 39.5 Å². The van der Waals surface area contributed by atoms with Gasteiger partial charge in [-0.1, -0.05) is 23.2 Å². The number of aromatic nitrogens is 2. The number of benzene rings is 2. The minimum atomic E-state index is -1.17. The Morgan fingerprint density at radius 3 is 2.59 bits per heavy atom. The van der Waals surface area contributed by atoms with Crippen molar-refractivity contribution in [1.82, 2.24) is 14.7 Å². The van der Waals surface area contributed by atoms with Gasteiger partial charge in [-0.2, -0.15) is 5.10 Å². The van der Waals surface area contributed by atoms with Gasteiger partial charge in [-0.05, 0) is 58.4 Å². The highest BCUT2D eigenvalue weighted by molar-refractivity contribution is 6.42. The number of hydrogen-bond donors (Lipinski definition) is 1. The second-order valence-corrected chi connectivity index (χ2v) is 10.4. The van der Waals surface area contributed by atoms with Gasteiger partial charge in [-0.15, -0.1) is 0 Å². The SMILES string of the molecule is Cc1nn(C)c2cc(NC3(c4c(F)ccc(Cl)c4Cl)CCN(C(=O)OC(C)(C)C)C3)cc(F)c12. The predicted molar refractivity (Wildman–Crippen MR) is 130 cm³/mol. The first-order valence-corrected chi connectivity index (χ1v) is 11.6. The van der Waals surface area contributed by atoms with E-state index in [2.05, 4.69) is 10.4 Å². The van der Waals surface area contributed by atoms with Gasteiger partial charge in [0.05, 0.1) is 38.7 Å². The second kappa shape index (κ2) is 8.57. The number of ether oxygens (including phenoxy) is 1. The molecule has 2 aromatic carbocycles. The van der Waals surface area contributed by atoms with Crippen LogP contribution in [0.2, 0.25) is 10.0 Å². The summed E-state index contributed by atoms with van der Waals surface area (Å²) in [7, 11) is 1.72. The van der Waals surface area contributed by atoms with Crippen LogP contribution in [0.3, 0.4) is 0 Å². The number of likely N-dealkylation sites (tertiary alicyclic amines) is 1. The number of rotatable bonds is 3. The van der Waals surface area contributed by atoms with Gasteiger partial charge < -0.3 is 15.0 Å². The Kier molecular flexibility index (Phi) is 6.19. The minimum Gasteiger partial charge on any atom is -0.444 e. The molecule has 1 atom stereocenters. The molecule has 0 bridgehead atoms. The molecule has 0 spiro atoms. The van der Waals surface area contributed by atoms with Crippen molar-refractivity contribution in [3.8, 4) is 0 Å². The van der Waals surface area contributed by atoms with Gasteiger partial charge in [0.1, 0.15) is 17.2 Å². The smallest absolute Gasteiger partial charge is 0.410 e. The highest BCUT2D eigenvalue weighted by Gasteiger charge is 2.46. The fourth-order valence-electron chi connectivity index (χ4n) is 4.51. The van der Waals surface area contributed by atoms with Crippen LogP contribution in [0.5, 0.6) is 0 Å². The molecule has 1 aliphatic heterocycles. The van der Waals surface area contributed by atoms with Gasteiger partial charge in [0.2, 0.25) is 0 Å². The lowest BCUT2D eigenvalue weighted by Gasteiger charge is -2.34. The van der Waals surface area contributed by atoms with E-state index in [4.69, 9.17) is 27.9 Å². The van der Waals surface area contributed by atoms with Crippen molar-refractivity contribution in [3.05, 3.63) is 57.2 Å². The Morgan fingerprint density at radius 1 is 1.21 bits per heavy atom. The number of carbonyl (C=O) groups excluding carboxylic acids is 1. The van der Waals surface area contributed by atoms with Crippen LogP contribution in [0.1, 0.15) is 38.4 Å². The Hall–Kier alpha value is -2.58. The lowest BCUT2D eigenvalue weighted by atomic mass is 9.87. The summed E-state index contributed by atoms with van der Waals surface area (Å²) in [6, 6.07) is 5.69. The molecule has 4 rings (SSSR count). The first kappa shape index (κ1) is 24.5. The minimum absolute atomic E-state index is 0.0399. The largest absolute Gasteiger partial charge is 0.444 e. The third-order valence-corrected chi connectivity index (χ3v) is 6.71. The van der Waals surface area contributed by atoms with Crippen molar-refractivity contribution in [3.63, 3.8) is 0 Å². The van der Waals surface area contributed by atoms with Crippen LogP contribution < -0.4 is 5.32 Å². The molecule has 0 aliphatic carbocycles. The maximum Gasteiger partial charge on any atom is 0.410 e. The number of nitrogens with one attached hydrogen (secondary N) is 1. The first-order valence-electron chi connectivity index (χ1n) is 10.8. The molecular formula is C24H26Cl2F2N4O2. The van der Waals surface area contributed by atoms with E-state index in [1.807, 2.05) is 0 Å². The number of aryl methyl sites for hydroxylation is 2. The molecule has 10 heteroatoms. The van der Waals surface area contributed by atoms with E-state index in [1.54, 1.807) is 45.5 Å². The number of nitrogens with zero attached hydrogens (tertiary/aromatic N) is 3. The van der Waals surface area contributed by atoms with Crippen molar-refractivity contribution >= 4 is 45.9 Å². The van der Waals surface area contributed by atoms with Crippen LogP contribution in [0, 0.1) is 18.6 Å². The second-order valence-electron chi connectivity index (χ2n) is 9.64. The standard InChI is InChI=1S/C24H26Cl2F2N4O2/c1-13-19-17(28)10-14(11-18(19)31(5)30-13)29-24(20-16(27)7-6-15(25)21(20)26)8-9-32(12-24)22(33)34-23(2,3)4/h6-7,10-11,29H,8-9,12H2,1-5H3. The quantitative estimate of drug-likeness (QED) is 0.413. The van der Waals surface area contributed by atoms with E-state index in [0.717, 1.165) is 0 Å². The molecule has 1 saturated heterocycles. The van der Waals surface area contributed by atoms with Gasteiger partial charge in [0.15, 0.2) is 0 Å². The lowest BCUT2D eigenvalue weighted by Crippen LogP contribution is -2.42. The molecule has 0 radical (unpaired) electrons. The maximum atomic E-state index is 15.2. The zero-order valence-electron chi connectivity index (χ0n) is 19.6. The van der Waals surface area contributed by atoms with Crippen LogP contribution >= 0.6 is 23.2 Å². The normalized spacial score (nSPS) is 18.6. The van der Waals surface area contributed by atoms with E-state index in [1.165, 1.54) is 23.1 Å². The van der Waals surface area contributed by atoms with Gasteiger partial charge in [-0.3, -0.25) is 4.68 Å². The summed E-state index contributed by atoms with van der Waals surface area (Å²) in [5, 5.41) is 8.20. The fraction of sp³-hybridized carbons (Fsp3) is 0.417. The van der Waals surface area contributed by atoms with E-state index >= 15 is 8.78 Å². The zero-order chi connectivity index (χ0) is 25.0. The van der Waals surface area contributed by atoms with E-state index in [-0.39, 0.29) is 28.7 Å². The number of anilines is 1. The predicted octanol–water partition coefficient (Wildman–Crippen LogP) is 6.41. The third kappa shape index (κ3) is 4.41. The summed E-state index contributed by atoms with van der Waals surface area (Å²) < 4.78 is 37.4. The average molecular weight is 511 g/mol. The molecule has 1 aromatic heterocycles. The Morgan fingerprint density at radius 2 is 1.91 bits per heavy atom. The summed E-state index contributed by atoms with van der Waals surface area (Å²) >= 11 is 12.7. The van der Waals surface area contributed by atoms with Gasteiger partial charge in [-0.25, -0.2) is 13.6 Å². The van der Waals surface area contributed by atoms with Crippen molar-refractivity contribution in [1.29, 1.82) is 0 Å². The highest BCUT2D eigenvalue weighted by atomic mass is 35.5. The number of halogens is 4. The monoisotopic (exact) mass is 510 g/mol. The molecule has 1 N–H and O–H groups in total. The number of hydrogen-bond acceptors (Lipinski definition) is 4. The van der Waals surface area contributed by atoms with Crippen LogP contribution in [-0.2, 0) is 17.3 Å². The molecule has 34 heavy (non-hydrogen) atoms. The molecule has 2 heterocycles. The van der Waals surface area contributed by atoms with Crippen LogP contribution in [0.4, 0.5) is 19.3 Å². The summed E-state index contributed by atoms with van der Waals surface area (Å²) in [5.41, 5.74) is -0.201. The van der Waals surface area contributed by atoms with Crippen molar-refractivity contribution in [2.24, 2.45) is 7.05 Å². The third-order valence-electron chi connectivity index (χ3n) is 5.91. The van der Waals surface area contributed by atoms with Crippen molar-refractivity contribution < 1.29 is 18.3 Å². The van der Waals surface area contributed by atoms with Gasteiger partial charge in [0, 0.05) is 24.8 Å². The lowest BCUT2D eigenvalue weighted by molar-refractivity contribution is 0.0286. The number of carbonyl (C=O) groups is 1. The van der Waals surface area contributed by atoms with Gasteiger partial charge in [0.25, 0.3) is 0 Å². The Labute approximate surface area is 206 Å². The summed E-state index contributed by atoms with van der Waals surface area (Å²) in [5.74, 6) is -1.04. The van der Waals surface area contributed by atoms with Crippen molar-refractivity contribution in [2.45, 2.75) is 45.3 Å². The molecule has 1 aliphatic rings. The maximum absolute atomic E-state index is 15.2. The van der Waals surface area contributed by atoms with E-state index < -0.39 is 28.9 Å². The molecule has 1 fully saturated rings. The van der Waals surface area contributed by atoms with Gasteiger partial charge >= 0.3 is 6.09 Å². The molecule has 1 unspecified atom stereocenters. The fourth-order valence-corrected chi connectivity index (χ4v) is 5.00. The van der Waals surface area contributed by atoms with Crippen LogP contribution in [0.25, 0.3) is 10.9 Å². The van der Waals surface area contributed by atoms with E-state index in [9.17, 15) is 4.79 Å². The topological polar surface area (TPSA) is 59.4 Å². The van der Waals surface area contributed by atoms with Crippen LogP contribution in [0.15, 0.2) is 24.3 Å². The summed E-state index contributed by atoms with van der Waals surface area (Å²) in [6.07, 6.45) is -0.230. The Bertz CT molecular complexity index is 1290. The summed E-state index contributed by atoms with van der Waals surface area (Å²) in [4.78, 5) is 14.3. The Balaban J connectivity index is 1.81. The summed E-state index contributed by atoms with van der Waals surface area (Å²) in [6.45, 7) is 7.37. The molecular weight excluding hydrogens is 485 g/mol. The highest BCUT2D eigenvalue weighted by Crippen LogP contribution is 2.43. The number of amides is 1. The molecule has 1 amide bonds. The average Bonchev–Trinajstić information content (AvgIpc) is 3.26. The first-order chi connectivity index (χ1) is 15.8. The zero-order valence-corrected chi connectivity index (χ0v) is 21.1. The number of fused-ring (bicyclic) bond motifs is 1. The van der Waals surface area contributed by atoms with E-state index in [0.29, 0.717) is 28.7 Å². The molecule has 6 nitrogen and oxygen atoms in total. The van der Waals surface area contributed by atoms with Crippen molar-refractivity contribution in [2.75, 3.05) is 18.4 Å². The molecule has 0 saturated carbocycles. The molecule has 3 aromatic rings. The molecule has 182 valence electrons.